The Labute approximate surface area is 107 Å². The molecule has 0 aromatic heterocycles. The Morgan fingerprint density at radius 2 is 1.78 bits per heavy atom. The second-order valence-electron chi connectivity index (χ2n) is 4.35. The largest absolute Gasteiger partial charge is 0.343 e. The summed E-state index contributed by atoms with van der Waals surface area (Å²) in [5.74, 6) is 0. The summed E-state index contributed by atoms with van der Waals surface area (Å²) in [5, 5.41) is 9.18. The van der Waals surface area contributed by atoms with Crippen LogP contribution >= 0.6 is 7.60 Å². The molecule has 4 nitrogen and oxygen atoms in total. The fourth-order valence-corrected chi connectivity index (χ4v) is 3.80. The van der Waals surface area contributed by atoms with Gasteiger partial charge in [0.15, 0.2) is 5.66 Å². The second kappa shape index (κ2) is 5.67. The summed E-state index contributed by atoms with van der Waals surface area (Å²) in [7, 11) is -4.46. The van der Waals surface area contributed by atoms with E-state index >= 15 is 0 Å². The predicted molar refractivity (Wildman–Crippen MR) is 70.1 cm³/mol. The van der Waals surface area contributed by atoms with Gasteiger partial charge < -0.3 is 9.79 Å². The molecule has 98 valence electrons. The van der Waals surface area contributed by atoms with Gasteiger partial charge in [-0.15, -0.1) is 0 Å². The van der Waals surface area contributed by atoms with Crippen molar-refractivity contribution in [1.29, 1.82) is 5.26 Å². The molecule has 0 bridgehead atoms. The van der Waals surface area contributed by atoms with Gasteiger partial charge in [0.1, 0.15) is 0 Å². The second-order valence-corrected chi connectivity index (χ2v) is 6.04. The van der Waals surface area contributed by atoms with Crippen LogP contribution in [-0.4, -0.2) is 15.4 Å². The molecular formula is C13H18NO3P. The van der Waals surface area contributed by atoms with E-state index in [1.807, 2.05) is 50.2 Å². The van der Waals surface area contributed by atoms with Crippen molar-refractivity contribution in [3.8, 4) is 6.07 Å². The van der Waals surface area contributed by atoms with Crippen molar-refractivity contribution in [2.75, 3.05) is 0 Å². The molecule has 18 heavy (non-hydrogen) atoms. The van der Waals surface area contributed by atoms with E-state index in [4.69, 9.17) is 0 Å². The predicted octanol–water partition coefficient (Wildman–Crippen LogP) is 2.81. The van der Waals surface area contributed by atoms with Crippen molar-refractivity contribution in [2.45, 2.75) is 37.8 Å². The number of benzene rings is 1. The van der Waals surface area contributed by atoms with Crippen molar-refractivity contribution < 1.29 is 14.4 Å². The third-order valence-electron chi connectivity index (χ3n) is 3.59. The van der Waals surface area contributed by atoms with E-state index in [1.54, 1.807) is 0 Å². The molecular weight excluding hydrogens is 249 g/mol. The van der Waals surface area contributed by atoms with Crippen molar-refractivity contribution in [2.24, 2.45) is 0 Å². The van der Waals surface area contributed by atoms with Crippen LogP contribution in [0.1, 0.15) is 32.3 Å². The first-order chi connectivity index (χ1) is 8.42. The van der Waals surface area contributed by atoms with Crippen LogP contribution in [0.3, 0.4) is 0 Å². The van der Waals surface area contributed by atoms with Crippen LogP contribution in [-0.2, 0) is 9.98 Å². The van der Waals surface area contributed by atoms with Gasteiger partial charge in [-0.3, -0.25) is 4.57 Å². The van der Waals surface area contributed by atoms with Crippen LogP contribution in [0, 0.1) is 11.3 Å². The highest BCUT2D eigenvalue weighted by molar-refractivity contribution is 7.53. The zero-order valence-corrected chi connectivity index (χ0v) is 11.5. The molecule has 0 spiro atoms. The van der Waals surface area contributed by atoms with Crippen molar-refractivity contribution in [3.05, 3.63) is 35.9 Å². The average Bonchev–Trinajstić information content (AvgIpc) is 2.35. The van der Waals surface area contributed by atoms with Gasteiger partial charge in [-0.25, -0.2) is 0 Å². The molecule has 1 aromatic carbocycles. The van der Waals surface area contributed by atoms with E-state index in [-0.39, 0.29) is 0 Å². The third kappa shape index (κ3) is 2.64. The van der Waals surface area contributed by atoms with Crippen molar-refractivity contribution in [3.63, 3.8) is 0 Å². The first-order valence-electron chi connectivity index (χ1n) is 5.92. The van der Waals surface area contributed by atoms with Crippen LogP contribution in [0.25, 0.3) is 0 Å². The lowest BCUT2D eigenvalue weighted by molar-refractivity contribution is 0.318. The molecule has 0 heterocycles. The molecule has 1 unspecified atom stereocenters. The molecule has 2 N–H and O–H groups in total. The molecule has 1 aromatic rings. The van der Waals surface area contributed by atoms with E-state index in [1.165, 1.54) is 0 Å². The maximum atomic E-state index is 11.6. The highest BCUT2D eigenvalue weighted by Gasteiger charge is 2.47. The minimum absolute atomic E-state index is 0.511. The van der Waals surface area contributed by atoms with Crippen molar-refractivity contribution in [1.82, 2.24) is 0 Å². The lowest BCUT2D eigenvalue weighted by Crippen LogP contribution is -2.37. The zero-order valence-electron chi connectivity index (χ0n) is 10.6. The van der Waals surface area contributed by atoms with Gasteiger partial charge in [0.05, 0.1) is 6.07 Å². The zero-order chi connectivity index (χ0) is 13.8. The van der Waals surface area contributed by atoms with E-state index in [9.17, 15) is 19.6 Å². The minimum Gasteiger partial charge on any atom is -0.323 e. The maximum absolute atomic E-state index is 11.6. The van der Waals surface area contributed by atoms with E-state index < -0.39 is 18.7 Å². The molecule has 0 aliphatic carbocycles. The minimum atomic E-state index is -4.46. The molecule has 0 aliphatic rings. The molecule has 0 saturated carbocycles. The van der Waals surface area contributed by atoms with Gasteiger partial charge in [0, 0.05) is 5.41 Å². The topological polar surface area (TPSA) is 81.3 Å². The Hall–Kier alpha value is -1.14. The lowest BCUT2D eigenvalue weighted by Gasteiger charge is -2.36. The highest BCUT2D eigenvalue weighted by Crippen LogP contribution is 2.53. The molecule has 0 aliphatic heterocycles. The van der Waals surface area contributed by atoms with Gasteiger partial charge in [-0.2, -0.15) is 5.26 Å². The third-order valence-corrected chi connectivity index (χ3v) is 4.87. The van der Waals surface area contributed by atoms with Crippen molar-refractivity contribution >= 4 is 7.60 Å². The van der Waals surface area contributed by atoms with Gasteiger partial charge in [-0.1, -0.05) is 44.2 Å². The molecule has 5 heteroatoms. The first-order valence-corrected chi connectivity index (χ1v) is 7.61. The summed E-state index contributed by atoms with van der Waals surface area (Å²) >= 11 is 0. The lowest BCUT2D eigenvalue weighted by atomic mass is 9.73. The molecule has 0 saturated heterocycles. The Morgan fingerprint density at radius 3 is 2.11 bits per heavy atom. The van der Waals surface area contributed by atoms with Crippen LogP contribution in [0.2, 0.25) is 0 Å². The summed E-state index contributed by atoms with van der Waals surface area (Å²) in [6.45, 7) is 3.72. The Bertz CT molecular complexity index is 471. The van der Waals surface area contributed by atoms with E-state index in [0.29, 0.717) is 12.8 Å². The highest BCUT2D eigenvalue weighted by atomic mass is 31.2. The number of rotatable bonds is 5. The molecule has 1 rings (SSSR count). The normalized spacial score (nSPS) is 13.9. The van der Waals surface area contributed by atoms with Gasteiger partial charge in [0.25, 0.3) is 0 Å². The summed E-state index contributed by atoms with van der Waals surface area (Å²) in [5.41, 5.74) is -1.29. The number of hydrogen-bond acceptors (Lipinski definition) is 2. The van der Waals surface area contributed by atoms with E-state index in [0.717, 1.165) is 5.56 Å². The molecule has 0 amide bonds. The maximum Gasteiger partial charge on any atom is 0.343 e. The monoisotopic (exact) mass is 267 g/mol. The summed E-state index contributed by atoms with van der Waals surface area (Å²) in [6, 6.07) is 11.0. The number of hydrogen-bond donors (Lipinski definition) is 2. The Morgan fingerprint density at radius 1 is 1.28 bits per heavy atom. The summed E-state index contributed by atoms with van der Waals surface area (Å²) < 4.78 is 11.6. The smallest absolute Gasteiger partial charge is 0.323 e. The average molecular weight is 267 g/mol. The first kappa shape index (κ1) is 14.9. The fraction of sp³-hybridized carbons (Fsp3) is 0.462. The fourth-order valence-electron chi connectivity index (χ4n) is 2.49. The van der Waals surface area contributed by atoms with E-state index in [2.05, 4.69) is 0 Å². The molecule has 1 atom stereocenters. The molecule has 0 radical (unpaired) electrons. The number of nitriles is 1. The van der Waals surface area contributed by atoms with Gasteiger partial charge in [0.2, 0.25) is 0 Å². The summed E-state index contributed by atoms with van der Waals surface area (Å²) in [6.07, 6.45) is 1.02. The molecule has 0 fully saturated rings. The van der Waals surface area contributed by atoms with Crippen LogP contribution in [0.4, 0.5) is 0 Å². The van der Waals surface area contributed by atoms with Gasteiger partial charge in [-0.05, 0) is 18.4 Å². The van der Waals surface area contributed by atoms with Gasteiger partial charge >= 0.3 is 7.60 Å². The Kier molecular flexibility index (Phi) is 4.70. The SMILES string of the molecule is CCC(CC)(c1ccccc1)C(C#N)P(=O)(O)O. The number of nitrogens with zero attached hydrogens (tertiary/aromatic N) is 1. The van der Waals surface area contributed by atoms with Crippen LogP contribution < -0.4 is 0 Å². The quantitative estimate of drug-likeness (QED) is 0.804. The van der Waals surface area contributed by atoms with Crippen LogP contribution in [0.15, 0.2) is 30.3 Å². The standard InChI is InChI=1S/C13H18NO3P/c1-3-13(4-2,11-8-6-5-7-9-11)12(10-14)18(15,16)17/h5-9,12H,3-4H2,1-2H3,(H2,15,16,17). The Balaban J connectivity index is 3.41. The summed E-state index contributed by atoms with van der Waals surface area (Å²) in [4.78, 5) is 18.9. The van der Waals surface area contributed by atoms with Crippen LogP contribution in [0.5, 0.6) is 0 Å².